The molecule has 0 aliphatic rings. The molecule has 0 amide bonds. The Labute approximate surface area is 203 Å². The maximum Gasteiger partial charge on any atom is 0.379 e. The number of aliphatic hydroxyl groups excluding tert-OH is 1. The summed E-state index contributed by atoms with van der Waals surface area (Å²) in [4.78, 5) is 34.4. The number of rotatable bonds is 5. The van der Waals surface area contributed by atoms with Gasteiger partial charge in [0.15, 0.2) is 5.69 Å². The predicted molar refractivity (Wildman–Crippen MR) is 135 cm³/mol. The highest BCUT2D eigenvalue weighted by atomic mass is 32.1. The number of benzene rings is 2. The molecule has 0 saturated heterocycles. The minimum Gasteiger partial charge on any atom is -0.506 e. The number of hydrogen-bond donors (Lipinski definition) is 4. The molecule has 10 nitrogen and oxygen atoms in total. The third kappa shape index (κ3) is 4.57. The number of aliphatic imine (C=N–C) groups is 1. The smallest absolute Gasteiger partial charge is 0.379 e. The average molecular weight is 490 g/mol. The number of aliphatic hydroxyl groups is 1. The number of aromatic amines is 2. The number of aryl methyl sites for hydroxylation is 1. The van der Waals surface area contributed by atoms with Gasteiger partial charge in [0.05, 0.1) is 18.2 Å². The summed E-state index contributed by atoms with van der Waals surface area (Å²) in [6, 6.07) is 14.2. The van der Waals surface area contributed by atoms with Crippen molar-refractivity contribution in [2.75, 3.05) is 7.11 Å². The fourth-order valence-corrected chi connectivity index (χ4v) is 3.69. The van der Waals surface area contributed by atoms with Gasteiger partial charge in [-0.05, 0) is 31.3 Å². The monoisotopic (exact) mass is 489 g/mol. The van der Waals surface area contributed by atoms with Crippen LogP contribution in [0.1, 0.15) is 11.3 Å². The van der Waals surface area contributed by atoms with Gasteiger partial charge in [-0.25, -0.2) is 9.79 Å². The molecule has 0 atom stereocenters. The molecule has 11 heteroatoms. The second-order valence-corrected chi connectivity index (χ2v) is 7.73. The van der Waals surface area contributed by atoms with Gasteiger partial charge in [-0.3, -0.25) is 4.79 Å². The molecule has 176 valence electrons. The van der Waals surface area contributed by atoms with Crippen LogP contribution in [0.15, 0.2) is 69.3 Å². The summed E-state index contributed by atoms with van der Waals surface area (Å²) in [6.07, 6.45) is 0.937. The lowest BCUT2D eigenvalue weighted by Crippen LogP contribution is -2.20. The van der Waals surface area contributed by atoms with Crippen LogP contribution in [0.5, 0.6) is 5.88 Å². The quantitative estimate of drug-likeness (QED) is 0.0600. The first-order valence-electron chi connectivity index (χ1n) is 10.2. The first kappa shape index (κ1) is 23.5. The molecule has 4 rings (SSSR count). The van der Waals surface area contributed by atoms with Crippen LogP contribution in [0.2, 0.25) is 0 Å². The molecule has 0 aliphatic heterocycles. The van der Waals surface area contributed by atoms with Crippen LogP contribution in [-0.2, 0) is 14.3 Å². The molecular weight excluding hydrogens is 470 g/mol. The van der Waals surface area contributed by atoms with Crippen molar-refractivity contribution >= 4 is 68.5 Å². The van der Waals surface area contributed by atoms with Gasteiger partial charge in [-0.1, -0.05) is 36.4 Å². The summed E-state index contributed by atoms with van der Waals surface area (Å²) in [7, 11) is 1.05. The van der Waals surface area contributed by atoms with Crippen molar-refractivity contribution < 1.29 is 24.5 Å². The van der Waals surface area contributed by atoms with Crippen molar-refractivity contribution in [3.63, 3.8) is 0 Å². The Morgan fingerprint density at radius 1 is 1.03 bits per heavy atom. The molecule has 0 fully saturated rings. The van der Waals surface area contributed by atoms with Gasteiger partial charge in [0.25, 0.3) is 5.78 Å². The fourth-order valence-electron chi connectivity index (χ4n) is 3.60. The molecule has 4 aromatic rings. The highest BCUT2D eigenvalue weighted by Gasteiger charge is 2.25. The molecule has 0 unspecified atom stereocenters. The van der Waals surface area contributed by atoms with Gasteiger partial charge < -0.3 is 24.9 Å². The summed E-state index contributed by atoms with van der Waals surface area (Å²) < 4.78 is 4.53. The van der Waals surface area contributed by atoms with Crippen molar-refractivity contribution in [3.8, 4) is 5.88 Å². The predicted octanol–water partition coefficient (Wildman–Crippen LogP) is 4.81. The van der Waals surface area contributed by atoms with Crippen LogP contribution in [0.4, 0.5) is 5.69 Å². The van der Waals surface area contributed by atoms with E-state index in [1.165, 1.54) is 0 Å². The van der Waals surface area contributed by atoms with Gasteiger partial charge in [0.1, 0.15) is 5.76 Å². The highest BCUT2D eigenvalue weighted by Crippen LogP contribution is 2.35. The largest absolute Gasteiger partial charge is 0.506 e. The second kappa shape index (κ2) is 9.69. The number of fused-ring (bicyclic) bond motifs is 2. The molecule has 35 heavy (non-hydrogen) atoms. The maximum atomic E-state index is 12.7. The van der Waals surface area contributed by atoms with E-state index in [-0.39, 0.29) is 16.7 Å². The lowest BCUT2D eigenvalue weighted by Gasteiger charge is -2.06. The fraction of sp³-hybridized carbons (Fsp3) is 0.0833. The minimum absolute atomic E-state index is 0.164. The zero-order valence-corrected chi connectivity index (χ0v) is 19.4. The van der Waals surface area contributed by atoms with Crippen LogP contribution in [0, 0.1) is 6.92 Å². The Bertz CT molecular complexity index is 1580. The number of carbonyl (C=O) groups is 2. The molecule has 2 heterocycles. The summed E-state index contributed by atoms with van der Waals surface area (Å²) in [6.45, 7) is 1.72. The first-order valence-corrected chi connectivity index (χ1v) is 10.7. The number of carbonyl (C=O) groups excluding carboxylic acids is 2. The maximum absolute atomic E-state index is 12.7. The molecule has 0 saturated carbocycles. The zero-order chi connectivity index (χ0) is 25.1. The number of ether oxygens (including phenoxy) is 1. The standard InChI is InChI=1S/C24H19N5O5S/c1-12-18(13-7-3-5-9-16(13)26-12)20(30)15(21(31)23(33)34-2)11-25-24(35)29-28-19-14-8-4-6-10-17(14)27-22(19)32/h3-11,26-27,30,32H,1-2H3. The Morgan fingerprint density at radius 2 is 1.66 bits per heavy atom. The summed E-state index contributed by atoms with van der Waals surface area (Å²) in [5.74, 6) is -2.98. The van der Waals surface area contributed by atoms with Crippen molar-refractivity contribution in [1.29, 1.82) is 0 Å². The number of aromatic hydroxyl groups is 1. The molecule has 0 spiro atoms. The van der Waals surface area contributed by atoms with E-state index in [9.17, 15) is 19.8 Å². The van der Waals surface area contributed by atoms with E-state index < -0.39 is 23.1 Å². The highest BCUT2D eigenvalue weighted by molar-refractivity contribution is 7.80. The number of nitrogens with zero attached hydrogens (tertiary/aromatic N) is 3. The number of azo groups is 1. The number of H-pyrrole nitrogens is 2. The number of para-hydroxylation sites is 2. The number of nitrogens with one attached hydrogen (secondary N) is 2. The van der Waals surface area contributed by atoms with Crippen LogP contribution >= 0.6 is 12.2 Å². The van der Waals surface area contributed by atoms with Gasteiger partial charge >= 0.3 is 5.97 Å². The molecular formula is C24H19N5O5S. The van der Waals surface area contributed by atoms with Crippen LogP contribution in [0.25, 0.3) is 27.6 Å². The number of aromatic nitrogens is 2. The number of ketones is 1. The number of hydrogen-bond acceptors (Lipinski definition) is 7. The zero-order valence-electron chi connectivity index (χ0n) is 18.6. The second-order valence-electron chi connectivity index (χ2n) is 7.36. The van der Waals surface area contributed by atoms with Gasteiger partial charge in [-0.15, -0.1) is 10.2 Å². The Kier molecular flexibility index (Phi) is 6.51. The Morgan fingerprint density at radius 3 is 2.34 bits per heavy atom. The van der Waals surface area contributed by atoms with Crippen LogP contribution < -0.4 is 0 Å². The molecule has 2 aromatic heterocycles. The molecule has 0 radical (unpaired) electrons. The van der Waals surface area contributed by atoms with Crippen LogP contribution in [0.3, 0.4) is 0 Å². The third-order valence-electron chi connectivity index (χ3n) is 5.20. The van der Waals surface area contributed by atoms with E-state index >= 15 is 0 Å². The topological polar surface area (TPSA) is 152 Å². The van der Waals surface area contributed by atoms with Crippen molar-refractivity contribution in [2.24, 2.45) is 15.2 Å². The summed E-state index contributed by atoms with van der Waals surface area (Å²) >= 11 is 5.09. The number of Topliss-reactive ketones (excluding diaryl/α,β-unsaturated/α-hetero) is 1. The normalized spacial score (nSPS) is 12.5. The average Bonchev–Trinajstić information content (AvgIpc) is 3.36. The molecule has 4 N–H and O–H groups in total. The first-order chi connectivity index (χ1) is 16.8. The van der Waals surface area contributed by atoms with Gasteiger partial charge in [0, 0.05) is 33.8 Å². The lowest BCUT2D eigenvalue weighted by atomic mass is 10.0. The Balaban J connectivity index is 1.71. The number of methoxy groups -OCH3 is 1. The number of thiocarbonyl (C=S) groups is 1. The SMILES string of the molecule is COC(=O)C(=O)C(C=NC(=S)N=Nc1c(O)[nH]c2ccccc12)=C(O)c1c(C)[nH]c2ccccc12. The molecule has 0 aliphatic carbocycles. The van der Waals surface area contributed by atoms with Crippen molar-refractivity contribution in [2.45, 2.75) is 6.92 Å². The van der Waals surface area contributed by atoms with E-state index in [4.69, 9.17) is 12.2 Å². The summed E-state index contributed by atoms with van der Waals surface area (Å²) in [5, 5.41) is 29.8. The van der Waals surface area contributed by atoms with Crippen molar-refractivity contribution in [1.82, 2.24) is 9.97 Å². The van der Waals surface area contributed by atoms with Gasteiger partial charge in [-0.2, -0.15) is 0 Å². The van der Waals surface area contributed by atoms with Crippen molar-refractivity contribution in [3.05, 3.63) is 65.4 Å². The lowest BCUT2D eigenvalue weighted by molar-refractivity contribution is -0.149. The third-order valence-corrected chi connectivity index (χ3v) is 5.39. The van der Waals surface area contributed by atoms with E-state index in [1.807, 2.05) is 12.1 Å². The molecule has 0 bridgehead atoms. The van der Waals surface area contributed by atoms with E-state index in [0.29, 0.717) is 27.5 Å². The van der Waals surface area contributed by atoms with E-state index in [1.54, 1.807) is 43.3 Å². The number of esters is 1. The van der Waals surface area contributed by atoms with E-state index in [2.05, 4.69) is 29.9 Å². The molecule has 2 aromatic carbocycles. The Hall–Kier alpha value is -4.64. The van der Waals surface area contributed by atoms with Crippen LogP contribution in [-0.4, -0.2) is 50.4 Å². The van der Waals surface area contributed by atoms with E-state index in [0.717, 1.165) is 18.8 Å². The minimum atomic E-state index is -1.19. The summed E-state index contributed by atoms with van der Waals surface area (Å²) in [5.41, 5.74) is 2.02. The van der Waals surface area contributed by atoms with Gasteiger partial charge in [0.2, 0.25) is 11.0 Å².